The SMILES string of the molecule is COC(C(=O)NCc1ccc(F)cc1)(c1ccccc1)C(F)(F)F. The molecule has 1 amide bonds. The number of carbonyl (C=O) groups is 1. The molecule has 1 unspecified atom stereocenters. The normalized spacial score (nSPS) is 14.0. The van der Waals surface area contributed by atoms with Crippen molar-refractivity contribution in [1.29, 1.82) is 0 Å². The summed E-state index contributed by atoms with van der Waals surface area (Å²) in [6, 6.07) is 11.7. The molecule has 0 saturated heterocycles. The van der Waals surface area contributed by atoms with Crippen LogP contribution in [0.4, 0.5) is 17.6 Å². The van der Waals surface area contributed by atoms with Gasteiger partial charge in [-0.15, -0.1) is 0 Å². The van der Waals surface area contributed by atoms with E-state index < -0.39 is 23.5 Å². The van der Waals surface area contributed by atoms with Gasteiger partial charge in [-0.2, -0.15) is 13.2 Å². The van der Waals surface area contributed by atoms with Crippen molar-refractivity contribution in [2.45, 2.75) is 18.3 Å². The van der Waals surface area contributed by atoms with E-state index >= 15 is 0 Å². The van der Waals surface area contributed by atoms with Crippen molar-refractivity contribution < 1.29 is 27.1 Å². The molecular weight excluding hydrogens is 326 g/mol. The van der Waals surface area contributed by atoms with E-state index in [1.165, 1.54) is 42.5 Å². The van der Waals surface area contributed by atoms with Crippen LogP contribution in [-0.2, 0) is 21.7 Å². The predicted octanol–water partition coefficient (Wildman–Crippen LogP) is 3.55. The number of alkyl halides is 3. The van der Waals surface area contributed by atoms with Gasteiger partial charge in [0.15, 0.2) is 0 Å². The van der Waals surface area contributed by atoms with Gasteiger partial charge in [-0.05, 0) is 17.7 Å². The minimum Gasteiger partial charge on any atom is -0.356 e. The van der Waals surface area contributed by atoms with E-state index in [0.717, 1.165) is 19.2 Å². The van der Waals surface area contributed by atoms with Crippen LogP contribution in [-0.4, -0.2) is 19.2 Å². The molecule has 0 spiro atoms. The van der Waals surface area contributed by atoms with Gasteiger partial charge in [-0.25, -0.2) is 4.39 Å². The summed E-state index contributed by atoms with van der Waals surface area (Å²) in [6.07, 6.45) is -4.96. The van der Waals surface area contributed by atoms with Crippen LogP contribution in [0, 0.1) is 5.82 Å². The summed E-state index contributed by atoms with van der Waals surface area (Å²) in [6.45, 7) is -0.187. The number of carbonyl (C=O) groups excluding carboxylic acids is 1. The van der Waals surface area contributed by atoms with Crippen LogP contribution in [0.5, 0.6) is 0 Å². The van der Waals surface area contributed by atoms with Crippen molar-refractivity contribution in [3.63, 3.8) is 0 Å². The maximum absolute atomic E-state index is 13.7. The molecule has 2 aromatic carbocycles. The Bertz CT molecular complexity index is 686. The third-order valence-corrected chi connectivity index (χ3v) is 3.57. The van der Waals surface area contributed by atoms with Crippen molar-refractivity contribution in [2.75, 3.05) is 7.11 Å². The molecule has 0 aromatic heterocycles. The number of halogens is 4. The van der Waals surface area contributed by atoms with Crippen LogP contribution < -0.4 is 5.32 Å². The highest BCUT2D eigenvalue weighted by Crippen LogP contribution is 2.42. The summed E-state index contributed by atoms with van der Waals surface area (Å²) in [5, 5.41) is 2.21. The van der Waals surface area contributed by atoms with Gasteiger partial charge in [-0.3, -0.25) is 4.79 Å². The summed E-state index contributed by atoms with van der Waals surface area (Å²) in [5.74, 6) is -1.82. The summed E-state index contributed by atoms with van der Waals surface area (Å²) < 4.78 is 58.5. The Balaban J connectivity index is 2.30. The van der Waals surface area contributed by atoms with Crippen molar-refractivity contribution in [2.24, 2.45) is 0 Å². The molecule has 3 nitrogen and oxygen atoms in total. The minimum absolute atomic E-state index is 0.187. The quantitative estimate of drug-likeness (QED) is 0.845. The van der Waals surface area contributed by atoms with Crippen molar-refractivity contribution in [3.8, 4) is 0 Å². The van der Waals surface area contributed by atoms with Crippen LogP contribution in [0.25, 0.3) is 0 Å². The number of rotatable bonds is 5. The zero-order valence-electron chi connectivity index (χ0n) is 12.7. The molecule has 1 atom stereocenters. The second-order valence-electron chi connectivity index (χ2n) is 5.06. The minimum atomic E-state index is -4.96. The molecule has 0 bridgehead atoms. The Labute approximate surface area is 136 Å². The van der Waals surface area contributed by atoms with Crippen LogP contribution in [0.1, 0.15) is 11.1 Å². The maximum atomic E-state index is 13.7. The van der Waals surface area contributed by atoms with E-state index in [1.54, 1.807) is 0 Å². The van der Waals surface area contributed by atoms with Gasteiger partial charge < -0.3 is 10.1 Å². The number of hydrogen-bond acceptors (Lipinski definition) is 2. The average Bonchev–Trinajstić information content (AvgIpc) is 2.55. The number of amides is 1. The van der Waals surface area contributed by atoms with E-state index in [2.05, 4.69) is 10.1 Å². The summed E-state index contributed by atoms with van der Waals surface area (Å²) >= 11 is 0. The Kier molecular flexibility index (Phi) is 5.23. The molecule has 0 fully saturated rings. The van der Waals surface area contributed by atoms with Crippen molar-refractivity contribution >= 4 is 5.91 Å². The molecular formula is C17H15F4NO2. The summed E-state index contributed by atoms with van der Waals surface area (Å²) in [4.78, 5) is 12.4. The third kappa shape index (κ3) is 3.41. The zero-order valence-corrected chi connectivity index (χ0v) is 12.7. The zero-order chi connectivity index (χ0) is 17.8. The molecule has 7 heteroatoms. The molecule has 0 radical (unpaired) electrons. The Morgan fingerprint density at radius 2 is 1.62 bits per heavy atom. The Morgan fingerprint density at radius 1 is 1.04 bits per heavy atom. The smallest absolute Gasteiger partial charge is 0.356 e. The highest BCUT2D eigenvalue weighted by molar-refractivity contribution is 5.87. The Hall–Kier alpha value is -2.41. The lowest BCUT2D eigenvalue weighted by Crippen LogP contribution is -2.55. The van der Waals surface area contributed by atoms with Crippen LogP contribution in [0.3, 0.4) is 0 Å². The van der Waals surface area contributed by atoms with Gasteiger partial charge >= 0.3 is 6.18 Å². The topological polar surface area (TPSA) is 38.3 Å². The number of ether oxygens (including phenoxy) is 1. The molecule has 128 valence electrons. The lowest BCUT2D eigenvalue weighted by Gasteiger charge is -2.33. The first-order valence-electron chi connectivity index (χ1n) is 7.01. The van der Waals surface area contributed by atoms with E-state index in [1.807, 2.05) is 0 Å². The molecule has 0 aliphatic rings. The maximum Gasteiger partial charge on any atom is 0.430 e. The summed E-state index contributed by atoms with van der Waals surface area (Å²) in [7, 11) is 0.831. The molecule has 0 heterocycles. The number of nitrogens with one attached hydrogen (secondary N) is 1. The molecule has 1 N–H and O–H groups in total. The highest BCUT2D eigenvalue weighted by Gasteiger charge is 2.62. The first-order chi connectivity index (χ1) is 11.3. The van der Waals surface area contributed by atoms with Crippen LogP contribution in [0.15, 0.2) is 54.6 Å². The van der Waals surface area contributed by atoms with E-state index in [9.17, 15) is 22.4 Å². The standard InChI is InChI=1S/C17H15F4NO2/c1-24-16(17(19,20)21,13-5-3-2-4-6-13)15(23)22-11-12-7-9-14(18)10-8-12/h2-10H,11H2,1H3,(H,22,23). The van der Waals surface area contributed by atoms with Gasteiger partial charge in [0.05, 0.1) is 0 Å². The van der Waals surface area contributed by atoms with E-state index in [0.29, 0.717) is 5.56 Å². The Morgan fingerprint density at radius 3 is 2.12 bits per heavy atom. The van der Waals surface area contributed by atoms with Gasteiger partial charge in [0, 0.05) is 19.2 Å². The second kappa shape index (κ2) is 7.00. The summed E-state index contributed by atoms with van der Waals surface area (Å²) in [5.41, 5.74) is -2.98. The monoisotopic (exact) mass is 341 g/mol. The highest BCUT2D eigenvalue weighted by atomic mass is 19.4. The van der Waals surface area contributed by atoms with Crippen molar-refractivity contribution in [1.82, 2.24) is 5.32 Å². The number of benzene rings is 2. The lowest BCUT2D eigenvalue weighted by molar-refractivity contribution is -0.265. The molecule has 2 aromatic rings. The fourth-order valence-corrected chi connectivity index (χ4v) is 2.33. The number of methoxy groups -OCH3 is 1. The fourth-order valence-electron chi connectivity index (χ4n) is 2.33. The van der Waals surface area contributed by atoms with E-state index in [-0.39, 0.29) is 12.1 Å². The lowest BCUT2D eigenvalue weighted by atomic mass is 9.91. The van der Waals surface area contributed by atoms with Crippen molar-refractivity contribution in [3.05, 3.63) is 71.5 Å². The first kappa shape index (κ1) is 17.9. The first-order valence-corrected chi connectivity index (χ1v) is 7.01. The largest absolute Gasteiger partial charge is 0.430 e. The van der Waals surface area contributed by atoms with Crippen LogP contribution >= 0.6 is 0 Å². The van der Waals surface area contributed by atoms with Gasteiger partial charge in [0.2, 0.25) is 0 Å². The van der Waals surface area contributed by atoms with E-state index in [4.69, 9.17) is 0 Å². The van der Waals surface area contributed by atoms with Crippen LogP contribution in [0.2, 0.25) is 0 Å². The predicted molar refractivity (Wildman–Crippen MR) is 79.4 cm³/mol. The second-order valence-corrected chi connectivity index (χ2v) is 5.06. The molecule has 0 aliphatic carbocycles. The van der Waals surface area contributed by atoms with Gasteiger partial charge in [0.25, 0.3) is 11.5 Å². The molecule has 2 rings (SSSR count). The molecule has 0 aliphatic heterocycles. The molecule has 0 saturated carbocycles. The van der Waals surface area contributed by atoms with Gasteiger partial charge in [-0.1, -0.05) is 42.5 Å². The average molecular weight is 341 g/mol. The third-order valence-electron chi connectivity index (χ3n) is 3.57. The van der Waals surface area contributed by atoms with Gasteiger partial charge in [0.1, 0.15) is 5.82 Å². The molecule has 24 heavy (non-hydrogen) atoms. The number of hydrogen-bond donors (Lipinski definition) is 1. The fraction of sp³-hybridized carbons (Fsp3) is 0.235.